The molecule has 1 N–H and O–H groups in total. The van der Waals surface area contributed by atoms with Gasteiger partial charge in [0.25, 0.3) is 0 Å². The van der Waals surface area contributed by atoms with Crippen LogP contribution in [0.15, 0.2) is 18.2 Å². The number of hydrogen-bond donors (Lipinski definition) is 1. The van der Waals surface area contributed by atoms with Crippen LogP contribution in [-0.2, 0) is 6.42 Å². The van der Waals surface area contributed by atoms with E-state index >= 15 is 0 Å². The standard InChI is InChI=1S/C14H16ClNOS/c1-8-4-5-11(15)6-12(8)13(17)7-14-16-9(2)10(3)18-14/h4-6,13,17H,7H2,1-3H3. The monoisotopic (exact) mass is 281 g/mol. The normalized spacial score (nSPS) is 12.7. The maximum absolute atomic E-state index is 10.3. The lowest BCUT2D eigenvalue weighted by Crippen LogP contribution is -2.03. The van der Waals surface area contributed by atoms with Crippen LogP contribution >= 0.6 is 22.9 Å². The first kappa shape index (κ1) is 13.5. The van der Waals surface area contributed by atoms with Gasteiger partial charge in [-0.05, 0) is 44.0 Å². The van der Waals surface area contributed by atoms with E-state index in [0.29, 0.717) is 11.4 Å². The van der Waals surface area contributed by atoms with E-state index in [-0.39, 0.29) is 0 Å². The van der Waals surface area contributed by atoms with Crippen LogP contribution in [0.3, 0.4) is 0 Å². The maximum Gasteiger partial charge on any atom is 0.0960 e. The highest BCUT2D eigenvalue weighted by atomic mass is 35.5. The minimum Gasteiger partial charge on any atom is -0.388 e. The van der Waals surface area contributed by atoms with Crippen molar-refractivity contribution >= 4 is 22.9 Å². The lowest BCUT2D eigenvalue weighted by atomic mass is 10.0. The molecule has 1 unspecified atom stereocenters. The van der Waals surface area contributed by atoms with Crippen LogP contribution in [0.4, 0.5) is 0 Å². The summed E-state index contributed by atoms with van der Waals surface area (Å²) in [7, 11) is 0. The molecule has 0 saturated carbocycles. The zero-order chi connectivity index (χ0) is 13.3. The molecule has 0 aliphatic carbocycles. The summed E-state index contributed by atoms with van der Waals surface area (Å²) in [5, 5.41) is 11.9. The molecule has 0 aliphatic rings. The Morgan fingerprint density at radius 2 is 2.06 bits per heavy atom. The summed E-state index contributed by atoms with van der Waals surface area (Å²) < 4.78 is 0. The van der Waals surface area contributed by atoms with E-state index in [1.54, 1.807) is 11.3 Å². The largest absolute Gasteiger partial charge is 0.388 e. The molecule has 2 nitrogen and oxygen atoms in total. The molecule has 18 heavy (non-hydrogen) atoms. The lowest BCUT2D eigenvalue weighted by molar-refractivity contribution is 0.177. The smallest absolute Gasteiger partial charge is 0.0960 e. The van der Waals surface area contributed by atoms with Gasteiger partial charge in [-0.25, -0.2) is 4.98 Å². The molecule has 0 amide bonds. The highest BCUT2D eigenvalue weighted by molar-refractivity contribution is 7.11. The second-order valence-corrected chi connectivity index (χ2v) is 6.19. The number of aromatic nitrogens is 1. The summed E-state index contributed by atoms with van der Waals surface area (Å²) in [6.07, 6.45) is -0.00535. The van der Waals surface area contributed by atoms with Crippen molar-refractivity contribution in [2.75, 3.05) is 0 Å². The predicted molar refractivity (Wildman–Crippen MR) is 76.4 cm³/mol. The fourth-order valence-corrected chi connectivity index (χ4v) is 3.02. The fourth-order valence-electron chi connectivity index (χ4n) is 1.87. The minimum absolute atomic E-state index is 0.542. The van der Waals surface area contributed by atoms with E-state index in [1.165, 1.54) is 4.88 Å². The first-order valence-corrected chi connectivity index (χ1v) is 7.04. The van der Waals surface area contributed by atoms with E-state index in [4.69, 9.17) is 11.6 Å². The van der Waals surface area contributed by atoms with Gasteiger partial charge in [-0.2, -0.15) is 0 Å². The zero-order valence-electron chi connectivity index (χ0n) is 10.7. The molecule has 0 spiro atoms. The molecule has 1 heterocycles. The van der Waals surface area contributed by atoms with Gasteiger partial charge in [0.1, 0.15) is 0 Å². The van der Waals surface area contributed by atoms with Crippen LogP contribution in [0.1, 0.15) is 32.8 Å². The molecule has 1 atom stereocenters. The number of aryl methyl sites for hydroxylation is 3. The van der Waals surface area contributed by atoms with Crippen molar-refractivity contribution < 1.29 is 5.11 Å². The van der Waals surface area contributed by atoms with Crippen LogP contribution in [0.25, 0.3) is 0 Å². The molecule has 0 radical (unpaired) electrons. The molecule has 0 saturated heterocycles. The number of rotatable bonds is 3. The highest BCUT2D eigenvalue weighted by Gasteiger charge is 2.14. The highest BCUT2D eigenvalue weighted by Crippen LogP contribution is 2.27. The van der Waals surface area contributed by atoms with Crippen LogP contribution < -0.4 is 0 Å². The molecule has 0 bridgehead atoms. The molecule has 2 rings (SSSR count). The molecule has 0 fully saturated rings. The molecular weight excluding hydrogens is 266 g/mol. The molecule has 96 valence electrons. The van der Waals surface area contributed by atoms with Crippen LogP contribution in [0, 0.1) is 20.8 Å². The lowest BCUT2D eigenvalue weighted by Gasteiger charge is -2.12. The van der Waals surface area contributed by atoms with Crippen molar-refractivity contribution in [3.05, 3.63) is 49.9 Å². The molecule has 4 heteroatoms. The van der Waals surface area contributed by atoms with E-state index < -0.39 is 6.10 Å². The summed E-state index contributed by atoms with van der Waals surface area (Å²) in [4.78, 5) is 5.66. The average Bonchev–Trinajstić information content (AvgIpc) is 2.61. The molecule has 1 aromatic carbocycles. The van der Waals surface area contributed by atoms with Gasteiger partial charge in [0.15, 0.2) is 0 Å². The third-order valence-corrected chi connectivity index (χ3v) is 4.37. The zero-order valence-corrected chi connectivity index (χ0v) is 12.3. The van der Waals surface area contributed by atoms with Gasteiger partial charge >= 0.3 is 0 Å². The van der Waals surface area contributed by atoms with Crippen molar-refractivity contribution in [1.29, 1.82) is 0 Å². The summed E-state index contributed by atoms with van der Waals surface area (Å²) in [5.74, 6) is 0. The van der Waals surface area contributed by atoms with Crippen molar-refractivity contribution in [2.24, 2.45) is 0 Å². The first-order valence-electron chi connectivity index (χ1n) is 5.84. The van der Waals surface area contributed by atoms with Crippen LogP contribution in [0.2, 0.25) is 5.02 Å². The SMILES string of the molecule is Cc1ccc(Cl)cc1C(O)Cc1nc(C)c(C)s1. The predicted octanol–water partition coefficient (Wildman–Crippen LogP) is 4.00. The van der Waals surface area contributed by atoms with Crippen molar-refractivity contribution in [2.45, 2.75) is 33.3 Å². The number of nitrogens with zero attached hydrogens (tertiary/aromatic N) is 1. The third kappa shape index (κ3) is 2.91. The number of hydrogen-bond acceptors (Lipinski definition) is 3. The molecule has 0 aliphatic heterocycles. The minimum atomic E-state index is -0.548. The Morgan fingerprint density at radius 1 is 1.33 bits per heavy atom. The summed E-state index contributed by atoms with van der Waals surface area (Å²) in [6.45, 7) is 6.02. The van der Waals surface area contributed by atoms with E-state index in [1.807, 2.05) is 39.0 Å². The Balaban J connectivity index is 2.21. The van der Waals surface area contributed by atoms with Crippen molar-refractivity contribution in [3.8, 4) is 0 Å². The Morgan fingerprint density at radius 3 is 2.67 bits per heavy atom. The number of halogens is 1. The molecule has 1 aromatic heterocycles. The van der Waals surface area contributed by atoms with Crippen LogP contribution in [0.5, 0.6) is 0 Å². The maximum atomic E-state index is 10.3. The fraction of sp³-hybridized carbons (Fsp3) is 0.357. The van der Waals surface area contributed by atoms with Gasteiger partial charge in [-0.3, -0.25) is 0 Å². The Bertz CT molecular complexity index is 545. The van der Waals surface area contributed by atoms with E-state index in [2.05, 4.69) is 4.98 Å². The number of aliphatic hydroxyl groups excluding tert-OH is 1. The Labute approximate surface area is 116 Å². The van der Waals surface area contributed by atoms with Crippen molar-refractivity contribution in [3.63, 3.8) is 0 Å². The quantitative estimate of drug-likeness (QED) is 0.922. The summed E-state index contributed by atoms with van der Waals surface area (Å²) >= 11 is 7.61. The topological polar surface area (TPSA) is 33.1 Å². The van der Waals surface area contributed by atoms with E-state index in [0.717, 1.165) is 21.8 Å². The van der Waals surface area contributed by atoms with Gasteiger partial charge in [-0.15, -0.1) is 11.3 Å². The second-order valence-electron chi connectivity index (χ2n) is 4.47. The van der Waals surface area contributed by atoms with Gasteiger partial charge < -0.3 is 5.11 Å². The Hall–Kier alpha value is -0.900. The van der Waals surface area contributed by atoms with Gasteiger partial charge in [0, 0.05) is 16.3 Å². The number of thiazole rings is 1. The first-order chi connectivity index (χ1) is 8.47. The van der Waals surface area contributed by atoms with Crippen molar-refractivity contribution in [1.82, 2.24) is 4.98 Å². The third-order valence-electron chi connectivity index (χ3n) is 3.04. The summed E-state index contributed by atoms with van der Waals surface area (Å²) in [5.41, 5.74) is 2.98. The van der Waals surface area contributed by atoms with Gasteiger partial charge in [0.2, 0.25) is 0 Å². The van der Waals surface area contributed by atoms with E-state index in [9.17, 15) is 5.11 Å². The number of aliphatic hydroxyl groups is 1. The average molecular weight is 282 g/mol. The number of benzene rings is 1. The van der Waals surface area contributed by atoms with Crippen LogP contribution in [-0.4, -0.2) is 10.1 Å². The Kier molecular flexibility index (Phi) is 4.05. The molecule has 2 aromatic rings. The molecular formula is C14H16ClNOS. The van der Waals surface area contributed by atoms with Gasteiger partial charge in [-0.1, -0.05) is 17.7 Å². The second kappa shape index (κ2) is 5.39. The summed E-state index contributed by atoms with van der Waals surface area (Å²) in [6, 6.07) is 5.60. The van der Waals surface area contributed by atoms with Gasteiger partial charge in [0.05, 0.1) is 16.8 Å².